The molecule has 0 aromatic carbocycles. The average molecular weight is 361 g/mol. The molecular formula is C19H31N5O2. The first-order valence-electron chi connectivity index (χ1n) is 9.59. The standard InChI is InChI=1S/C19H31N5O2/c1-14-17(13-20-19(21-14)22(3)4)18(25)24-7-5-16(6-8-24)15(2)23-9-11-26-12-10-23/h13,15-16H,5-12H2,1-4H3/t15-/m1/s1. The number of likely N-dealkylation sites (tertiary alicyclic amines) is 1. The minimum absolute atomic E-state index is 0.0604. The molecular weight excluding hydrogens is 330 g/mol. The zero-order valence-corrected chi connectivity index (χ0v) is 16.4. The van der Waals surface area contributed by atoms with Gasteiger partial charge in [-0.1, -0.05) is 0 Å². The normalized spacial score (nSPS) is 20.8. The molecule has 26 heavy (non-hydrogen) atoms. The fraction of sp³-hybridized carbons (Fsp3) is 0.737. The zero-order valence-electron chi connectivity index (χ0n) is 16.4. The van der Waals surface area contributed by atoms with Gasteiger partial charge in [0.15, 0.2) is 0 Å². The summed E-state index contributed by atoms with van der Waals surface area (Å²) in [5, 5.41) is 0. The van der Waals surface area contributed by atoms with Crippen LogP contribution >= 0.6 is 0 Å². The molecule has 1 aromatic rings. The number of hydrogen-bond donors (Lipinski definition) is 0. The SMILES string of the molecule is Cc1nc(N(C)C)ncc1C(=O)N1CCC([C@@H](C)N2CCOCC2)CC1. The number of carbonyl (C=O) groups is 1. The molecule has 1 atom stereocenters. The molecule has 2 saturated heterocycles. The number of morpholine rings is 1. The van der Waals surface area contributed by atoms with Crippen molar-refractivity contribution in [3.8, 4) is 0 Å². The monoisotopic (exact) mass is 361 g/mol. The Labute approximate surface area is 156 Å². The first-order chi connectivity index (χ1) is 12.5. The van der Waals surface area contributed by atoms with Crippen LogP contribution in [0.5, 0.6) is 0 Å². The lowest BCUT2D eigenvalue weighted by Gasteiger charge is -2.41. The third kappa shape index (κ3) is 4.15. The van der Waals surface area contributed by atoms with Crippen molar-refractivity contribution in [2.24, 2.45) is 5.92 Å². The average Bonchev–Trinajstić information content (AvgIpc) is 2.67. The number of hydrogen-bond acceptors (Lipinski definition) is 6. The Kier molecular flexibility index (Phi) is 6.09. The van der Waals surface area contributed by atoms with Crippen LogP contribution in [0.25, 0.3) is 0 Å². The highest BCUT2D eigenvalue weighted by Crippen LogP contribution is 2.26. The molecule has 3 rings (SSSR count). The lowest BCUT2D eigenvalue weighted by Crippen LogP contribution is -2.49. The highest BCUT2D eigenvalue weighted by atomic mass is 16.5. The molecule has 2 aliphatic rings. The summed E-state index contributed by atoms with van der Waals surface area (Å²) in [7, 11) is 3.80. The van der Waals surface area contributed by atoms with Crippen molar-refractivity contribution < 1.29 is 9.53 Å². The summed E-state index contributed by atoms with van der Waals surface area (Å²) in [6.45, 7) is 9.55. The summed E-state index contributed by atoms with van der Waals surface area (Å²) in [6, 6.07) is 0.556. The molecule has 0 saturated carbocycles. The van der Waals surface area contributed by atoms with E-state index in [0.717, 1.165) is 57.9 Å². The molecule has 1 amide bonds. The van der Waals surface area contributed by atoms with Crippen LogP contribution in [-0.4, -0.2) is 85.2 Å². The third-order valence-corrected chi connectivity index (χ3v) is 5.73. The van der Waals surface area contributed by atoms with Gasteiger partial charge in [-0.2, -0.15) is 0 Å². The van der Waals surface area contributed by atoms with E-state index in [4.69, 9.17) is 4.74 Å². The Hall–Kier alpha value is -1.73. The molecule has 0 spiro atoms. The maximum Gasteiger partial charge on any atom is 0.257 e. The van der Waals surface area contributed by atoms with Crippen molar-refractivity contribution in [2.75, 3.05) is 58.4 Å². The van der Waals surface area contributed by atoms with Gasteiger partial charge in [0.1, 0.15) is 0 Å². The number of anilines is 1. The number of aryl methyl sites for hydroxylation is 1. The second kappa shape index (κ2) is 8.31. The van der Waals surface area contributed by atoms with Crippen molar-refractivity contribution >= 4 is 11.9 Å². The van der Waals surface area contributed by atoms with E-state index in [9.17, 15) is 4.79 Å². The van der Waals surface area contributed by atoms with Gasteiger partial charge in [0.25, 0.3) is 5.91 Å². The number of carbonyl (C=O) groups excluding carboxylic acids is 1. The maximum absolute atomic E-state index is 12.9. The van der Waals surface area contributed by atoms with Crippen LogP contribution in [-0.2, 0) is 4.74 Å². The van der Waals surface area contributed by atoms with Crippen molar-refractivity contribution in [3.63, 3.8) is 0 Å². The highest BCUT2D eigenvalue weighted by Gasteiger charge is 2.31. The van der Waals surface area contributed by atoms with Gasteiger partial charge in [-0.15, -0.1) is 0 Å². The minimum Gasteiger partial charge on any atom is -0.379 e. The molecule has 7 heteroatoms. The van der Waals surface area contributed by atoms with E-state index in [0.29, 0.717) is 23.5 Å². The molecule has 0 unspecified atom stereocenters. The van der Waals surface area contributed by atoms with Gasteiger partial charge < -0.3 is 14.5 Å². The lowest BCUT2D eigenvalue weighted by molar-refractivity contribution is -0.000959. The van der Waals surface area contributed by atoms with E-state index in [-0.39, 0.29) is 5.91 Å². The topological polar surface area (TPSA) is 61.8 Å². The fourth-order valence-electron chi connectivity index (χ4n) is 3.92. The Morgan fingerprint density at radius 3 is 2.46 bits per heavy atom. The maximum atomic E-state index is 12.9. The molecule has 144 valence electrons. The van der Waals surface area contributed by atoms with Crippen LogP contribution in [0.1, 0.15) is 35.8 Å². The Bertz CT molecular complexity index is 622. The Morgan fingerprint density at radius 1 is 1.23 bits per heavy atom. The first kappa shape index (κ1) is 19.0. The molecule has 2 fully saturated rings. The van der Waals surface area contributed by atoms with E-state index in [2.05, 4.69) is 21.8 Å². The van der Waals surface area contributed by atoms with Crippen LogP contribution in [0, 0.1) is 12.8 Å². The van der Waals surface area contributed by atoms with Gasteiger partial charge in [0.2, 0.25) is 5.95 Å². The Balaban J connectivity index is 1.58. The van der Waals surface area contributed by atoms with Crippen molar-refractivity contribution in [2.45, 2.75) is 32.7 Å². The molecule has 0 N–H and O–H groups in total. The summed E-state index contributed by atoms with van der Waals surface area (Å²) < 4.78 is 5.46. The largest absolute Gasteiger partial charge is 0.379 e. The van der Waals surface area contributed by atoms with Crippen LogP contribution in [0.15, 0.2) is 6.20 Å². The van der Waals surface area contributed by atoms with Crippen LogP contribution in [0.4, 0.5) is 5.95 Å². The van der Waals surface area contributed by atoms with Crippen LogP contribution in [0.3, 0.4) is 0 Å². The summed E-state index contributed by atoms with van der Waals surface area (Å²) in [4.78, 5) is 28.0. The molecule has 1 aromatic heterocycles. The van der Waals surface area contributed by atoms with Gasteiger partial charge in [0, 0.05) is 52.5 Å². The number of ether oxygens (including phenoxy) is 1. The van der Waals surface area contributed by atoms with E-state index < -0.39 is 0 Å². The molecule has 0 bridgehead atoms. The van der Waals surface area contributed by atoms with E-state index in [1.165, 1.54) is 0 Å². The number of nitrogens with zero attached hydrogens (tertiary/aromatic N) is 5. The van der Waals surface area contributed by atoms with Gasteiger partial charge in [0.05, 0.1) is 24.5 Å². The van der Waals surface area contributed by atoms with E-state index in [1.807, 2.05) is 30.8 Å². The Morgan fingerprint density at radius 2 is 1.88 bits per heavy atom. The quantitative estimate of drug-likeness (QED) is 0.808. The van der Waals surface area contributed by atoms with Gasteiger partial charge >= 0.3 is 0 Å². The van der Waals surface area contributed by atoms with Gasteiger partial charge in [-0.05, 0) is 32.6 Å². The number of rotatable bonds is 4. The fourth-order valence-corrected chi connectivity index (χ4v) is 3.92. The predicted octanol–water partition coefficient (Wildman–Crippen LogP) is 1.42. The van der Waals surface area contributed by atoms with Crippen LogP contribution < -0.4 is 4.90 Å². The lowest BCUT2D eigenvalue weighted by atomic mass is 9.89. The van der Waals surface area contributed by atoms with E-state index >= 15 is 0 Å². The van der Waals surface area contributed by atoms with Gasteiger partial charge in [-0.3, -0.25) is 9.69 Å². The van der Waals surface area contributed by atoms with Crippen molar-refractivity contribution in [1.82, 2.24) is 19.8 Å². The third-order valence-electron chi connectivity index (χ3n) is 5.73. The number of amides is 1. The van der Waals surface area contributed by atoms with Gasteiger partial charge in [-0.25, -0.2) is 9.97 Å². The zero-order chi connectivity index (χ0) is 18.7. The summed E-state index contributed by atoms with van der Waals surface area (Å²) in [6.07, 6.45) is 3.78. The second-order valence-electron chi connectivity index (χ2n) is 7.58. The molecule has 7 nitrogen and oxygen atoms in total. The summed E-state index contributed by atoms with van der Waals surface area (Å²) in [5.74, 6) is 1.34. The molecule has 0 aliphatic carbocycles. The summed E-state index contributed by atoms with van der Waals surface area (Å²) >= 11 is 0. The van der Waals surface area contributed by atoms with Crippen molar-refractivity contribution in [3.05, 3.63) is 17.5 Å². The molecule has 2 aliphatic heterocycles. The highest BCUT2D eigenvalue weighted by molar-refractivity contribution is 5.95. The summed E-state index contributed by atoms with van der Waals surface area (Å²) in [5.41, 5.74) is 1.37. The molecule has 0 radical (unpaired) electrons. The van der Waals surface area contributed by atoms with Crippen LogP contribution in [0.2, 0.25) is 0 Å². The predicted molar refractivity (Wildman–Crippen MR) is 102 cm³/mol. The van der Waals surface area contributed by atoms with Crippen molar-refractivity contribution in [1.29, 1.82) is 0 Å². The number of piperidine rings is 1. The molecule has 3 heterocycles. The first-order valence-corrected chi connectivity index (χ1v) is 9.59. The smallest absolute Gasteiger partial charge is 0.257 e. The second-order valence-corrected chi connectivity index (χ2v) is 7.58. The van der Waals surface area contributed by atoms with E-state index in [1.54, 1.807) is 6.20 Å². The minimum atomic E-state index is 0.0604. The number of aromatic nitrogens is 2.